The molecule has 1 nitrogen and oxygen atoms in total. The van der Waals surface area contributed by atoms with E-state index in [4.69, 9.17) is 0 Å². The van der Waals surface area contributed by atoms with E-state index in [9.17, 15) is 0 Å². The molecule has 2 aromatic rings. The van der Waals surface area contributed by atoms with Gasteiger partial charge in [0.2, 0.25) is 0 Å². The Hall–Kier alpha value is -1.60. The van der Waals surface area contributed by atoms with Gasteiger partial charge < -0.3 is 24.8 Å². The van der Waals surface area contributed by atoms with Crippen LogP contribution in [0.5, 0.6) is 0 Å². The van der Waals surface area contributed by atoms with Gasteiger partial charge in [-0.1, -0.05) is 48.6 Å². The third kappa shape index (κ3) is 5.95. The van der Waals surface area contributed by atoms with E-state index in [1.165, 1.54) is 28.3 Å². The van der Waals surface area contributed by atoms with Crippen LogP contribution in [0.15, 0.2) is 105 Å². The van der Waals surface area contributed by atoms with Gasteiger partial charge in [-0.2, -0.15) is 0 Å². The summed E-state index contributed by atoms with van der Waals surface area (Å²) in [4.78, 5) is 4.65. The minimum absolute atomic E-state index is 0. The Bertz CT molecular complexity index is 1110. The number of halogens is 2. The van der Waals surface area contributed by atoms with Crippen LogP contribution in [-0.4, -0.2) is 8.92 Å². The molecule has 3 aliphatic rings. The molecule has 4 heteroatoms. The molecule has 0 spiro atoms. The van der Waals surface area contributed by atoms with Crippen molar-refractivity contribution >= 4 is 19.7 Å². The Morgan fingerprint density at radius 1 is 0.931 bits per heavy atom. The zero-order chi connectivity index (χ0) is 18.6. The van der Waals surface area contributed by atoms with Crippen molar-refractivity contribution in [1.82, 2.24) is 0 Å². The summed E-state index contributed by atoms with van der Waals surface area (Å²) in [5, 5.41) is 2.53. The maximum Gasteiger partial charge on any atom is -1.00 e. The first-order chi connectivity index (χ1) is 13.2. The van der Waals surface area contributed by atoms with Crippen LogP contribution in [0, 0.1) is 0 Å². The van der Waals surface area contributed by atoms with Crippen LogP contribution in [0.1, 0.15) is 25.8 Å². The molecule has 0 aromatic heterocycles. The first-order valence-electron chi connectivity index (χ1n) is 9.30. The Morgan fingerprint density at radius 2 is 1.72 bits per heavy atom. The zero-order valence-electron chi connectivity index (χ0n) is 16.5. The molecule has 5 rings (SSSR count). The first kappa shape index (κ1) is 23.7. The molecule has 0 fully saturated rings. The molecule has 0 amide bonds. The zero-order valence-corrected chi connectivity index (χ0v) is 20.5. The van der Waals surface area contributed by atoms with Crippen molar-refractivity contribution in [2.24, 2.45) is 4.99 Å². The van der Waals surface area contributed by atoms with Gasteiger partial charge in [0, 0.05) is 11.1 Å². The third-order valence-electron chi connectivity index (χ3n) is 4.59. The number of fused-ring (bicyclic) bond motifs is 2. The van der Waals surface area contributed by atoms with Gasteiger partial charge in [-0.15, -0.1) is 0 Å². The second kappa shape index (κ2) is 11.0. The summed E-state index contributed by atoms with van der Waals surface area (Å²) in [5.41, 5.74) is 4.55. The van der Waals surface area contributed by atoms with Crippen molar-refractivity contribution in [2.45, 2.75) is 20.3 Å². The van der Waals surface area contributed by atoms with Crippen molar-refractivity contribution in [3.8, 4) is 0 Å². The molecule has 0 bridgehead atoms. The van der Waals surface area contributed by atoms with Gasteiger partial charge in [0.05, 0.1) is 11.4 Å². The van der Waals surface area contributed by atoms with E-state index in [1.54, 1.807) is 6.49 Å². The monoisotopic (exact) mass is 496 g/mol. The Balaban J connectivity index is 0.000000236. The molecule has 0 saturated carbocycles. The summed E-state index contributed by atoms with van der Waals surface area (Å²) in [6, 6.07) is 14.9. The van der Waals surface area contributed by atoms with Crippen molar-refractivity contribution in [3.05, 3.63) is 105 Å². The average Bonchev–Trinajstić information content (AvgIpc) is 3.39. The minimum atomic E-state index is -0.220. The normalized spacial score (nSPS) is 15.0. The number of allylic oxidation sites excluding steroid dienone is 8. The predicted molar refractivity (Wildman–Crippen MR) is 114 cm³/mol. The molecule has 2 aromatic carbocycles. The van der Waals surface area contributed by atoms with Gasteiger partial charge in [-0.3, -0.25) is 0 Å². The second-order valence-electron chi connectivity index (χ2n) is 7.02. The maximum atomic E-state index is 4.65. The van der Waals surface area contributed by atoms with E-state index in [2.05, 4.69) is 97.8 Å². The van der Waals surface area contributed by atoms with E-state index < -0.39 is 0 Å². The van der Waals surface area contributed by atoms with Gasteiger partial charge in [-0.05, 0) is 29.0 Å². The van der Waals surface area contributed by atoms with E-state index in [1.807, 2.05) is 6.08 Å². The Labute approximate surface area is 196 Å². The van der Waals surface area contributed by atoms with Crippen LogP contribution in [0.4, 0.5) is 0 Å². The van der Waals surface area contributed by atoms with Crippen molar-refractivity contribution < 1.29 is 47.6 Å². The molecule has 145 valence electrons. The van der Waals surface area contributed by atoms with Crippen molar-refractivity contribution in [3.63, 3.8) is 0 Å². The van der Waals surface area contributed by atoms with Crippen molar-refractivity contribution in [2.75, 3.05) is 0 Å². The number of hydrogen-bond donors (Lipinski definition) is 0. The molecule has 29 heavy (non-hydrogen) atoms. The van der Waals surface area contributed by atoms with Crippen LogP contribution < -0.4 is 24.8 Å². The molecule has 0 saturated heterocycles. The van der Waals surface area contributed by atoms with Crippen LogP contribution in [0.25, 0.3) is 10.8 Å². The summed E-state index contributed by atoms with van der Waals surface area (Å²) in [7, 11) is 0. The Morgan fingerprint density at radius 3 is 2.41 bits per heavy atom. The number of rotatable bonds is 2. The number of nitrogens with zero attached hydrogens (tertiary/aromatic N) is 1. The maximum absolute atomic E-state index is 4.65. The Kier molecular flexibility index (Phi) is 8.96. The van der Waals surface area contributed by atoms with E-state index in [-0.39, 0.29) is 47.6 Å². The standard InChI is InChI=1S/C17H11N.C5H5.C3H6.2ClH.Zr/c1-2-5-13-10-15(9-8-12(13)4-1)17-11-14-6-3-7-16(14)18-17;1-2-4-5-3-1;1-3-2;;;/h1-11H;1-3H,4H2;1-2H3;2*1H;/q;;;;;+2/p-2. The molecular formula is C25H22Cl2NZr. The van der Waals surface area contributed by atoms with E-state index >= 15 is 0 Å². The van der Waals surface area contributed by atoms with Crippen LogP contribution in [-0.2, 0) is 22.8 Å². The van der Waals surface area contributed by atoms with Gasteiger partial charge in [0.15, 0.2) is 0 Å². The van der Waals surface area contributed by atoms with E-state index in [0.29, 0.717) is 0 Å². The SMILES string of the molecule is C1=CC2=CC(c3ccc4ccccc4c3)=NC2=C1.C[C](C)=[Zr+2][C]1=CC=CC1.[Cl-].[Cl-]. The van der Waals surface area contributed by atoms with Crippen LogP contribution >= 0.6 is 0 Å². The first-order valence-corrected chi connectivity index (χ1v) is 11.8. The van der Waals surface area contributed by atoms with Crippen LogP contribution in [0.3, 0.4) is 0 Å². The van der Waals surface area contributed by atoms with Crippen molar-refractivity contribution in [1.29, 1.82) is 0 Å². The van der Waals surface area contributed by atoms with Gasteiger partial charge in [0.1, 0.15) is 0 Å². The smallest absolute Gasteiger partial charge is 1.00 e. The van der Waals surface area contributed by atoms with Gasteiger partial charge in [-0.25, -0.2) is 4.99 Å². The largest absolute Gasteiger partial charge is 1.00 e. The topological polar surface area (TPSA) is 12.4 Å². The molecule has 2 aliphatic carbocycles. The number of benzene rings is 2. The predicted octanol–water partition coefficient (Wildman–Crippen LogP) is 0.156. The fourth-order valence-corrected chi connectivity index (χ4v) is 5.88. The van der Waals surface area contributed by atoms with E-state index in [0.717, 1.165) is 11.4 Å². The summed E-state index contributed by atoms with van der Waals surface area (Å²) in [6.07, 6.45) is 16.3. The molecule has 0 N–H and O–H groups in total. The minimum Gasteiger partial charge on any atom is -1.00 e. The fraction of sp³-hybridized carbons (Fsp3) is 0.120. The summed E-state index contributed by atoms with van der Waals surface area (Å²) < 4.78 is 3.40. The molecule has 1 aliphatic heterocycles. The molecule has 1 heterocycles. The number of aliphatic imine (C=N–C) groups is 1. The van der Waals surface area contributed by atoms with Gasteiger partial charge >= 0.3 is 67.7 Å². The molecular weight excluding hydrogens is 476 g/mol. The molecule has 0 unspecified atom stereocenters. The quantitative estimate of drug-likeness (QED) is 0.560. The van der Waals surface area contributed by atoms with Crippen LogP contribution in [0.2, 0.25) is 0 Å². The van der Waals surface area contributed by atoms with Gasteiger partial charge in [0.25, 0.3) is 0 Å². The third-order valence-corrected chi connectivity index (χ3v) is 7.52. The summed E-state index contributed by atoms with van der Waals surface area (Å²) >= 11 is -0.220. The summed E-state index contributed by atoms with van der Waals surface area (Å²) in [5.74, 6) is 0. The number of hydrogen-bond acceptors (Lipinski definition) is 1. The second-order valence-corrected chi connectivity index (χ2v) is 11.7. The fourth-order valence-electron chi connectivity index (χ4n) is 3.32. The molecule has 0 atom stereocenters. The molecule has 0 radical (unpaired) electrons. The summed E-state index contributed by atoms with van der Waals surface area (Å²) in [6.45, 7) is 4.51. The average molecular weight is 499 g/mol.